The van der Waals surface area contributed by atoms with E-state index in [1.54, 1.807) is 30.3 Å². The Morgan fingerprint density at radius 1 is 1.05 bits per heavy atom. The summed E-state index contributed by atoms with van der Waals surface area (Å²) in [6.45, 7) is 2.10. The van der Waals surface area contributed by atoms with E-state index in [-0.39, 0.29) is 0 Å². The second kappa shape index (κ2) is 5.87. The van der Waals surface area contributed by atoms with Crippen molar-refractivity contribution in [2.45, 2.75) is 6.92 Å². The van der Waals surface area contributed by atoms with Gasteiger partial charge in [0.05, 0.1) is 5.56 Å². The highest BCUT2D eigenvalue weighted by molar-refractivity contribution is 5.87. The van der Waals surface area contributed by atoms with Crippen molar-refractivity contribution in [1.82, 2.24) is 4.98 Å². The van der Waals surface area contributed by atoms with Gasteiger partial charge in [0, 0.05) is 11.7 Å². The average Bonchev–Trinajstić information content (AvgIpc) is 2.87. The Balaban J connectivity index is 0.000000141. The van der Waals surface area contributed by atoms with Gasteiger partial charge in [-0.05, 0) is 42.1 Å². The van der Waals surface area contributed by atoms with E-state index in [0.29, 0.717) is 5.56 Å². The lowest BCUT2D eigenvalue weighted by atomic mass is 10.2. The molecule has 0 bridgehead atoms. The highest BCUT2D eigenvalue weighted by atomic mass is 16.4. The first-order chi connectivity index (χ1) is 9.16. The van der Waals surface area contributed by atoms with Gasteiger partial charge < -0.3 is 10.1 Å². The maximum Gasteiger partial charge on any atom is 0.335 e. The van der Waals surface area contributed by atoms with Crippen molar-refractivity contribution in [1.29, 1.82) is 0 Å². The second-order valence-corrected chi connectivity index (χ2v) is 4.24. The molecule has 0 unspecified atom stereocenters. The number of carbonyl (C=O) groups is 1. The Kier molecular flexibility index (Phi) is 3.98. The van der Waals surface area contributed by atoms with Gasteiger partial charge in [-0.1, -0.05) is 30.3 Å². The standard InChI is InChI=1S/C9H9N.C7H6O2/c1-7-2-3-8-4-5-10-9(8)6-7;8-7(9)6-4-2-1-3-5-6/h2-6,10H,1H3;1-5H,(H,8,9). The molecule has 0 aliphatic heterocycles. The fourth-order valence-electron chi connectivity index (χ4n) is 1.74. The first kappa shape index (κ1) is 12.9. The van der Waals surface area contributed by atoms with E-state index in [1.807, 2.05) is 6.20 Å². The summed E-state index contributed by atoms with van der Waals surface area (Å²) >= 11 is 0. The SMILES string of the molecule is Cc1ccc2cc[nH]c2c1.O=C(O)c1ccccc1. The first-order valence-electron chi connectivity index (χ1n) is 5.99. The van der Waals surface area contributed by atoms with Crippen LogP contribution in [0.4, 0.5) is 0 Å². The Hall–Kier alpha value is -2.55. The van der Waals surface area contributed by atoms with Crippen molar-refractivity contribution >= 4 is 16.9 Å². The molecule has 0 saturated carbocycles. The van der Waals surface area contributed by atoms with E-state index in [4.69, 9.17) is 5.11 Å². The van der Waals surface area contributed by atoms with E-state index in [9.17, 15) is 4.79 Å². The van der Waals surface area contributed by atoms with E-state index < -0.39 is 5.97 Å². The third-order valence-electron chi connectivity index (χ3n) is 2.73. The fourth-order valence-corrected chi connectivity index (χ4v) is 1.74. The summed E-state index contributed by atoms with van der Waals surface area (Å²) in [5.74, 6) is -0.879. The second-order valence-electron chi connectivity index (χ2n) is 4.24. The van der Waals surface area contributed by atoms with Crippen molar-refractivity contribution in [2.75, 3.05) is 0 Å². The van der Waals surface area contributed by atoms with Gasteiger partial charge >= 0.3 is 5.97 Å². The molecule has 0 aliphatic rings. The number of carboxylic acid groups (broad SMARTS) is 1. The summed E-state index contributed by atoms with van der Waals surface area (Å²) in [5.41, 5.74) is 2.85. The van der Waals surface area contributed by atoms with Crippen molar-refractivity contribution in [3.63, 3.8) is 0 Å². The van der Waals surface area contributed by atoms with Gasteiger partial charge in [-0.3, -0.25) is 0 Å². The maximum atomic E-state index is 10.2. The van der Waals surface area contributed by atoms with Crippen LogP contribution >= 0.6 is 0 Å². The molecule has 0 atom stereocenters. The molecular formula is C16H15NO2. The quantitative estimate of drug-likeness (QED) is 0.691. The van der Waals surface area contributed by atoms with Crippen LogP contribution in [-0.2, 0) is 0 Å². The van der Waals surface area contributed by atoms with Crippen molar-refractivity contribution in [3.05, 3.63) is 71.9 Å². The van der Waals surface area contributed by atoms with Crippen LogP contribution in [0.5, 0.6) is 0 Å². The van der Waals surface area contributed by atoms with Crippen LogP contribution < -0.4 is 0 Å². The summed E-state index contributed by atoms with van der Waals surface area (Å²) in [4.78, 5) is 13.4. The maximum absolute atomic E-state index is 10.2. The van der Waals surface area contributed by atoms with Gasteiger partial charge in [0.1, 0.15) is 0 Å². The normalized spacial score (nSPS) is 9.74. The van der Waals surface area contributed by atoms with E-state index in [2.05, 4.69) is 36.2 Å². The van der Waals surface area contributed by atoms with Crippen LogP contribution in [0.15, 0.2) is 60.8 Å². The van der Waals surface area contributed by atoms with Crippen molar-refractivity contribution in [3.8, 4) is 0 Å². The molecule has 0 fully saturated rings. The largest absolute Gasteiger partial charge is 0.478 e. The molecule has 0 aliphatic carbocycles. The highest BCUT2D eigenvalue weighted by Gasteiger charge is 1.96. The molecular weight excluding hydrogens is 238 g/mol. The van der Waals surface area contributed by atoms with Crippen LogP contribution in [-0.4, -0.2) is 16.1 Å². The molecule has 1 aromatic heterocycles. The topological polar surface area (TPSA) is 53.1 Å². The number of aryl methyl sites for hydroxylation is 1. The first-order valence-corrected chi connectivity index (χ1v) is 5.99. The molecule has 0 amide bonds. The number of fused-ring (bicyclic) bond motifs is 1. The molecule has 3 heteroatoms. The third kappa shape index (κ3) is 3.45. The summed E-state index contributed by atoms with van der Waals surface area (Å²) in [7, 11) is 0. The molecule has 0 radical (unpaired) electrons. The summed E-state index contributed by atoms with van der Waals surface area (Å²) in [5, 5.41) is 9.67. The molecule has 3 rings (SSSR count). The minimum atomic E-state index is -0.879. The van der Waals surface area contributed by atoms with Gasteiger partial charge in [-0.25, -0.2) is 4.79 Å². The van der Waals surface area contributed by atoms with Gasteiger partial charge in [-0.15, -0.1) is 0 Å². The number of hydrogen-bond acceptors (Lipinski definition) is 1. The number of nitrogens with one attached hydrogen (secondary N) is 1. The number of rotatable bonds is 1. The number of carboxylic acids is 1. The Morgan fingerprint density at radius 2 is 1.79 bits per heavy atom. The van der Waals surface area contributed by atoms with Gasteiger partial charge in [0.25, 0.3) is 0 Å². The number of aromatic amines is 1. The zero-order valence-corrected chi connectivity index (χ0v) is 10.6. The Morgan fingerprint density at radius 3 is 2.42 bits per heavy atom. The molecule has 0 spiro atoms. The summed E-state index contributed by atoms with van der Waals surface area (Å²) in [6, 6.07) is 16.8. The average molecular weight is 253 g/mol. The number of aromatic carboxylic acids is 1. The number of hydrogen-bond donors (Lipinski definition) is 2. The molecule has 3 aromatic rings. The molecule has 3 nitrogen and oxygen atoms in total. The molecule has 96 valence electrons. The number of benzene rings is 2. The van der Waals surface area contributed by atoms with Crippen LogP contribution in [0, 0.1) is 6.92 Å². The molecule has 1 heterocycles. The lowest BCUT2D eigenvalue weighted by Gasteiger charge is -1.90. The predicted molar refractivity (Wildman–Crippen MR) is 76.4 cm³/mol. The van der Waals surface area contributed by atoms with Gasteiger partial charge in [0.15, 0.2) is 0 Å². The van der Waals surface area contributed by atoms with Crippen molar-refractivity contribution in [2.24, 2.45) is 0 Å². The zero-order chi connectivity index (χ0) is 13.7. The monoisotopic (exact) mass is 253 g/mol. The molecule has 0 saturated heterocycles. The molecule has 2 N–H and O–H groups in total. The van der Waals surface area contributed by atoms with E-state index in [1.165, 1.54) is 16.5 Å². The Labute approximate surface area is 111 Å². The van der Waals surface area contributed by atoms with Crippen LogP contribution in [0.3, 0.4) is 0 Å². The third-order valence-corrected chi connectivity index (χ3v) is 2.73. The highest BCUT2D eigenvalue weighted by Crippen LogP contribution is 2.12. The molecule has 19 heavy (non-hydrogen) atoms. The predicted octanol–water partition coefficient (Wildman–Crippen LogP) is 3.86. The summed E-state index contributed by atoms with van der Waals surface area (Å²) < 4.78 is 0. The number of aromatic nitrogens is 1. The van der Waals surface area contributed by atoms with Crippen LogP contribution in [0.2, 0.25) is 0 Å². The van der Waals surface area contributed by atoms with Gasteiger partial charge in [-0.2, -0.15) is 0 Å². The van der Waals surface area contributed by atoms with E-state index in [0.717, 1.165) is 0 Å². The lowest BCUT2D eigenvalue weighted by molar-refractivity contribution is 0.0697. The lowest BCUT2D eigenvalue weighted by Crippen LogP contribution is -1.93. The smallest absolute Gasteiger partial charge is 0.335 e. The minimum absolute atomic E-state index is 0.331. The van der Waals surface area contributed by atoms with Crippen LogP contribution in [0.25, 0.3) is 10.9 Å². The van der Waals surface area contributed by atoms with Gasteiger partial charge in [0.2, 0.25) is 0 Å². The number of H-pyrrole nitrogens is 1. The Bertz CT molecular complexity index is 671. The molecule has 2 aromatic carbocycles. The van der Waals surface area contributed by atoms with E-state index >= 15 is 0 Å². The summed E-state index contributed by atoms with van der Waals surface area (Å²) in [6.07, 6.45) is 1.96. The van der Waals surface area contributed by atoms with Crippen LogP contribution in [0.1, 0.15) is 15.9 Å². The van der Waals surface area contributed by atoms with Crippen molar-refractivity contribution < 1.29 is 9.90 Å². The minimum Gasteiger partial charge on any atom is -0.478 e. The zero-order valence-electron chi connectivity index (χ0n) is 10.6. The fraction of sp³-hybridized carbons (Fsp3) is 0.0625.